The van der Waals surface area contributed by atoms with Crippen molar-refractivity contribution in [3.63, 3.8) is 0 Å². The van der Waals surface area contributed by atoms with Crippen LogP contribution in [0.2, 0.25) is 0 Å². The van der Waals surface area contributed by atoms with E-state index in [1.165, 1.54) is 27.9 Å². The normalized spacial score (nSPS) is 10.7. The molecule has 2 aromatic heterocycles. The second-order valence-electron chi connectivity index (χ2n) is 7.34. The number of thiazole rings is 1. The zero-order valence-corrected chi connectivity index (χ0v) is 18.8. The van der Waals surface area contributed by atoms with Crippen molar-refractivity contribution in [3.8, 4) is 5.75 Å². The van der Waals surface area contributed by atoms with Crippen molar-refractivity contribution in [1.82, 2.24) is 9.38 Å². The van der Waals surface area contributed by atoms with Crippen molar-refractivity contribution in [2.24, 2.45) is 0 Å². The number of nitrogens with zero attached hydrogens (tertiary/aromatic N) is 2. The molecule has 0 saturated heterocycles. The number of aryl methyl sites for hydroxylation is 2. The summed E-state index contributed by atoms with van der Waals surface area (Å²) in [5.74, 6) is -0.311. The number of hydrogen-bond acceptors (Lipinski definition) is 7. The Balaban J connectivity index is 1.36. The maximum Gasteiger partial charge on any atom is 0.338 e. The van der Waals surface area contributed by atoms with Gasteiger partial charge in [-0.3, -0.25) is 14.0 Å². The van der Waals surface area contributed by atoms with E-state index in [1.54, 1.807) is 30.5 Å². The van der Waals surface area contributed by atoms with E-state index in [9.17, 15) is 14.4 Å². The maximum absolute atomic E-state index is 12.5. The molecule has 0 fully saturated rings. The number of esters is 1. The molecule has 0 unspecified atom stereocenters. The standard InChI is InChI=1S/C24H21N3O5S/c1-15-6-3-4-9-20(15)31-14-21(28)25-18-8-5-7-17(10-18)23(30)32-13-19-11-22(29)27-12-16(2)33-24(27)26-19/h3-12H,13-14H2,1-2H3,(H,25,28). The molecular formula is C24H21N3O5S. The van der Waals surface area contributed by atoms with Crippen molar-refractivity contribution < 1.29 is 19.1 Å². The molecule has 0 saturated carbocycles. The third-order valence-electron chi connectivity index (χ3n) is 4.72. The van der Waals surface area contributed by atoms with E-state index in [1.807, 2.05) is 32.0 Å². The first-order chi connectivity index (χ1) is 15.9. The first-order valence-corrected chi connectivity index (χ1v) is 10.9. The van der Waals surface area contributed by atoms with Gasteiger partial charge in [0, 0.05) is 22.8 Å². The number of fused-ring (bicyclic) bond motifs is 1. The summed E-state index contributed by atoms with van der Waals surface area (Å²) in [5.41, 5.74) is 1.77. The second kappa shape index (κ2) is 9.66. The van der Waals surface area contributed by atoms with Gasteiger partial charge in [0.25, 0.3) is 11.5 Å². The fourth-order valence-electron chi connectivity index (χ4n) is 3.14. The summed E-state index contributed by atoms with van der Waals surface area (Å²) in [6, 6.07) is 15.2. The fourth-order valence-corrected chi connectivity index (χ4v) is 3.99. The Morgan fingerprint density at radius 2 is 1.91 bits per heavy atom. The van der Waals surface area contributed by atoms with Crippen LogP contribution >= 0.6 is 11.3 Å². The third-order valence-corrected chi connectivity index (χ3v) is 5.62. The quantitative estimate of drug-likeness (QED) is 0.419. The molecule has 0 spiro atoms. The molecular weight excluding hydrogens is 442 g/mol. The van der Waals surface area contributed by atoms with Gasteiger partial charge in [-0.2, -0.15) is 0 Å². The van der Waals surface area contributed by atoms with Crippen LogP contribution in [0.15, 0.2) is 65.6 Å². The van der Waals surface area contributed by atoms with Gasteiger partial charge in [-0.1, -0.05) is 24.3 Å². The van der Waals surface area contributed by atoms with E-state index in [4.69, 9.17) is 9.47 Å². The summed E-state index contributed by atoms with van der Waals surface area (Å²) in [6.45, 7) is 3.49. The molecule has 9 heteroatoms. The van der Waals surface area contributed by atoms with Crippen LogP contribution < -0.4 is 15.6 Å². The van der Waals surface area contributed by atoms with Gasteiger partial charge < -0.3 is 14.8 Å². The Morgan fingerprint density at radius 3 is 2.73 bits per heavy atom. The summed E-state index contributed by atoms with van der Waals surface area (Å²) < 4.78 is 12.3. The molecule has 4 aromatic rings. The molecule has 0 atom stereocenters. The van der Waals surface area contributed by atoms with Crippen LogP contribution in [0.3, 0.4) is 0 Å². The minimum Gasteiger partial charge on any atom is -0.483 e. The van der Waals surface area contributed by atoms with Crippen LogP contribution in [0, 0.1) is 13.8 Å². The molecule has 8 nitrogen and oxygen atoms in total. The number of carbonyl (C=O) groups is 2. The minimum atomic E-state index is -0.591. The number of nitrogens with one attached hydrogen (secondary N) is 1. The molecule has 1 N–H and O–H groups in total. The van der Waals surface area contributed by atoms with E-state index in [0.717, 1.165) is 10.4 Å². The van der Waals surface area contributed by atoms with Crippen LogP contribution in [0.4, 0.5) is 5.69 Å². The Bertz CT molecular complexity index is 1390. The van der Waals surface area contributed by atoms with Gasteiger partial charge in [0.2, 0.25) is 0 Å². The van der Waals surface area contributed by atoms with Gasteiger partial charge in [-0.25, -0.2) is 9.78 Å². The number of benzene rings is 2. The average Bonchev–Trinajstić information content (AvgIpc) is 3.18. The van der Waals surface area contributed by atoms with Crippen molar-refractivity contribution in [3.05, 3.63) is 92.8 Å². The van der Waals surface area contributed by atoms with Gasteiger partial charge in [0.05, 0.1) is 11.3 Å². The Labute approximate surface area is 193 Å². The van der Waals surface area contributed by atoms with E-state index >= 15 is 0 Å². The number of para-hydroxylation sites is 1. The Kier molecular flexibility index (Phi) is 6.50. The van der Waals surface area contributed by atoms with Crippen molar-refractivity contribution in [2.75, 3.05) is 11.9 Å². The van der Waals surface area contributed by atoms with E-state index in [-0.39, 0.29) is 30.2 Å². The topological polar surface area (TPSA) is 99.0 Å². The number of hydrogen-bond donors (Lipinski definition) is 1. The van der Waals surface area contributed by atoms with Crippen molar-refractivity contribution in [1.29, 1.82) is 0 Å². The van der Waals surface area contributed by atoms with Crippen LogP contribution in [0.25, 0.3) is 4.96 Å². The third kappa shape index (κ3) is 5.45. The van der Waals surface area contributed by atoms with Crippen molar-refractivity contribution >= 4 is 33.9 Å². The number of rotatable bonds is 7. The minimum absolute atomic E-state index is 0.137. The lowest BCUT2D eigenvalue weighted by atomic mass is 10.2. The van der Waals surface area contributed by atoms with E-state index in [0.29, 0.717) is 22.1 Å². The highest BCUT2D eigenvalue weighted by Gasteiger charge is 2.12. The van der Waals surface area contributed by atoms with Crippen LogP contribution in [-0.2, 0) is 16.1 Å². The van der Waals surface area contributed by atoms with Gasteiger partial charge in [-0.05, 0) is 43.7 Å². The van der Waals surface area contributed by atoms with Crippen LogP contribution in [0.1, 0.15) is 26.5 Å². The summed E-state index contributed by atoms with van der Waals surface area (Å²) in [6.07, 6.45) is 1.72. The lowest BCUT2D eigenvalue weighted by Gasteiger charge is -2.10. The second-order valence-corrected chi connectivity index (χ2v) is 8.55. The maximum atomic E-state index is 12.5. The molecule has 168 valence electrons. The van der Waals surface area contributed by atoms with Crippen LogP contribution in [0.5, 0.6) is 5.75 Å². The highest BCUT2D eigenvalue weighted by molar-refractivity contribution is 7.16. The SMILES string of the molecule is Cc1cn2c(=O)cc(COC(=O)c3cccc(NC(=O)COc4ccccc4C)c3)nc2s1. The molecule has 0 bridgehead atoms. The highest BCUT2D eigenvalue weighted by atomic mass is 32.1. The molecule has 2 heterocycles. The smallest absolute Gasteiger partial charge is 0.338 e. The Morgan fingerprint density at radius 1 is 1.09 bits per heavy atom. The van der Waals surface area contributed by atoms with E-state index < -0.39 is 5.97 Å². The zero-order chi connectivity index (χ0) is 23.4. The first-order valence-electron chi connectivity index (χ1n) is 10.1. The summed E-state index contributed by atoms with van der Waals surface area (Å²) in [5, 5.41) is 2.70. The summed E-state index contributed by atoms with van der Waals surface area (Å²) >= 11 is 1.38. The molecule has 0 radical (unpaired) electrons. The lowest BCUT2D eigenvalue weighted by Crippen LogP contribution is -2.20. The number of aromatic nitrogens is 2. The average molecular weight is 464 g/mol. The molecule has 0 aliphatic carbocycles. The van der Waals surface area contributed by atoms with Gasteiger partial charge in [-0.15, -0.1) is 11.3 Å². The zero-order valence-electron chi connectivity index (χ0n) is 18.0. The summed E-state index contributed by atoms with van der Waals surface area (Å²) in [7, 11) is 0. The number of carbonyl (C=O) groups excluding carboxylic acids is 2. The monoisotopic (exact) mass is 463 g/mol. The Hall–Kier alpha value is -3.98. The first kappa shape index (κ1) is 22.2. The highest BCUT2D eigenvalue weighted by Crippen LogP contribution is 2.17. The van der Waals surface area contributed by atoms with Gasteiger partial charge in [0.15, 0.2) is 11.6 Å². The molecule has 4 rings (SSSR count). The fraction of sp³-hybridized carbons (Fsp3) is 0.167. The number of anilines is 1. The summed E-state index contributed by atoms with van der Waals surface area (Å²) in [4.78, 5) is 42.8. The number of amides is 1. The van der Waals surface area contributed by atoms with Gasteiger partial charge in [0.1, 0.15) is 12.4 Å². The van der Waals surface area contributed by atoms with E-state index in [2.05, 4.69) is 10.3 Å². The van der Waals surface area contributed by atoms with Crippen LogP contribution in [-0.4, -0.2) is 27.9 Å². The van der Waals surface area contributed by atoms with Gasteiger partial charge >= 0.3 is 5.97 Å². The molecule has 0 aliphatic rings. The largest absolute Gasteiger partial charge is 0.483 e. The molecule has 1 amide bonds. The molecule has 0 aliphatic heterocycles. The lowest BCUT2D eigenvalue weighted by molar-refractivity contribution is -0.118. The number of ether oxygens (including phenoxy) is 2. The predicted molar refractivity (Wildman–Crippen MR) is 125 cm³/mol. The van der Waals surface area contributed by atoms with Crippen molar-refractivity contribution in [2.45, 2.75) is 20.5 Å². The predicted octanol–water partition coefficient (Wildman–Crippen LogP) is 3.75. The molecule has 2 aromatic carbocycles. The molecule has 33 heavy (non-hydrogen) atoms.